The number of anilines is 1. The van der Waals surface area contributed by atoms with E-state index in [1.54, 1.807) is 35.9 Å². The third kappa shape index (κ3) is 4.61. The van der Waals surface area contributed by atoms with E-state index in [9.17, 15) is 14.4 Å². The van der Waals surface area contributed by atoms with E-state index >= 15 is 0 Å². The maximum Gasteiger partial charge on any atom is 0.332 e. The van der Waals surface area contributed by atoms with Crippen LogP contribution in [-0.4, -0.2) is 36.6 Å². The molecule has 0 spiro atoms. The SMILES string of the molecule is CC(C)=CCn1c(NC2CCCCC2N)nc2c1c(=O)n(CC(=O)c1ccccc1)c(=O)n2C. The summed E-state index contributed by atoms with van der Waals surface area (Å²) in [5, 5.41) is 3.44. The zero-order valence-electron chi connectivity index (χ0n) is 20.0. The highest BCUT2D eigenvalue weighted by atomic mass is 16.2. The number of Topliss-reactive ketones (excluding diaryl/α,β-unsaturated/α-hetero) is 1. The van der Waals surface area contributed by atoms with E-state index in [0.717, 1.165) is 35.8 Å². The minimum atomic E-state index is -0.574. The van der Waals surface area contributed by atoms with Gasteiger partial charge in [-0.25, -0.2) is 4.79 Å². The summed E-state index contributed by atoms with van der Waals surface area (Å²) in [5.74, 6) is 0.204. The molecule has 1 fully saturated rings. The van der Waals surface area contributed by atoms with Crippen LogP contribution in [0.3, 0.4) is 0 Å². The Bertz CT molecular complexity index is 1340. The van der Waals surface area contributed by atoms with Gasteiger partial charge in [0.15, 0.2) is 16.9 Å². The molecule has 2 unspecified atom stereocenters. The highest BCUT2D eigenvalue weighted by Gasteiger charge is 2.26. The van der Waals surface area contributed by atoms with Crippen LogP contribution < -0.4 is 22.3 Å². The number of hydrogen-bond acceptors (Lipinski definition) is 6. The fourth-order valence-corrected chi connectivity index (χ4v) is 4.44. The molecule has 0 amide bonds. The number of nitrogens with one attached hydrogen (secondary N) is 1. The third-order valence-electron chi connectivity index (χ3n) is 6.45. The van der Waals surface area contributed by atoms with Crippen LogP contribution >= 0.6 is 0 Å². The quantitative estimate of drug-likeness (QED) is 0.410. The number of benzene rings is 1. The molecule has 0 saturated heterocycles. The summed E-state index contributed by atoms with van der Waals surface area (Å²) < 4.78 is 4.11. The van der Waals surface area contributed by atoms with Gasteiger partial charge in [0.05, 0.1) is 6.54 Å². The molecule has 4 rings (SSSR count). The Morgan fingerprint density at radius 2 is 1.85 bits per heavy atom. The van der Waals surface area contributed by atoms with E-state index in [-0.39, 0.29) is 35.6 Å². The van der Waals surface area contributed by atoms with Crippen LogP contribution in [0.4, 0.5) is 5.95 Å². The molecule has 34 heavy (non-hydrogen) atoms. The van der Waals surface area contributed by atoms with Gasteiger partial charge in [0.2, 0.25) is 5.95 Å². The summed E-state index contributed by atoms with van der Waals surface area (Å²) in [5.41, 5.74) is 7.34. The number of aryl methyl sites for hydroxylation is 1. The standard InChI is InChI=1S/C25H32N6O3/c1-16(2)13-14-30-21-22(28-24(30)27-19-12-8-7-11-18(19)26)29(3)25(34)31(23(21)33)15-20(32)17-9-5-4-6-10-17/h4-6,9-10,13,18-19H,7-8,11-12,14-15,26H2,1-3H3,(H,27,28). The fraction of sp³-hybridized carbons (Fsp3) is 0.440. The zero-order valence-corrected chi connectivity index (χ0v) is 20.0. The van der Waals surface area contributed by atoms with Gasteiger partial charge in [0.25, 0.3) is 5.56 Å². The first-order valence-electron chi connectivity index (χ1n) is 11.7. The third-order valence-corrected chi connectivity index (χ3v) is 6.45. The average Bonchev–Trinajstić information content (AvgIpc) is 3.19. The molecule has 1 aliphatic carbocycles. The van der Waals surface area contributed by atoms with Crippen molar-refractivity contribution in [1.82, 2.24) is 18.7 Å². The number of imidazole rings is 1. The van der Waals surface area contributed by atoms with Crippen molar-refractivity contribution >= 4 is 22.9 Å². The lowest BCUT2D eigenvalue weighted by Crippen LogP contribution is -2.43. The summed E-state index contributed by atoms with van der Waals surface area (Å²) in [6.45, 7) is 4.03. The summed E-state index contributed by atoms with van der Waals surface area (Å²) in [6, 6.07) is 8.68. The van der Waals surface area contributed by atoms with E-state index in [4.69, 9.17) is 5.73 Å². The van der Waals surface area contributed by atoms with Crippen LogP contribution in [0.25, 0.3) is 11.2 Å². The molecule has 0 radical (unpaired) electrons. The minimum absolute atomic E-state index is 0.00515. The van der Waals surface area contributed by atoms with Crippen molar-refractivity contribution in [3.05, 3.63) is 68.4 Å². The second-order valence-electron chi connectivity index (χ2n) is 9.22. The Hall–Kier alpha value is -3.46. The minimum Gasteiger partial charge on any atom is -0.351 e. The number of hydrogen-bond donors (Lipinski definition) is 2. The van der Waals surface area contributed by atoms with Gasteiger partial charge in [0, 0.05) is 31.2 Å². The lowest BCUT2D eigenvalue weighted by atomic mass is 9.91. The summed E-state index contributed by atoms with van der Waals surface area (Å²) in [7, 11) is 1.57. The van der Waals surface area contributed by atoms with E-state index in [0.29, 0.717) is 18.1 Å². The molecule has 1 aromatic carbocycles. The number of carbonyl (C=O) groups is 1. The molecule has 9 heteroatoms. The number of aromatic nitrogens is 4. The maximum atomic E-state index is 13.6. The molecular formula is C25H32N6O3. The fourth-order valence-electron chi connectivity index (χ4n) is 4.44. The van der Waals surface area contributed by atoms with Crippen LogP contribution in [0, 0.1) is 0 Å². The van der Waals surface area contributed by atoms with Gasteiger partial charge >= 0.3 is 5.69 Å². The number of rotatable bonds is 7. The molecule has 2 atom stereocenters. The van der Waals surface area contributed by atoms with Gasteiger partial charge in [-0.3, -0.25) is 18.7 Å². The van der Waals surface area contributed by atoms with Crippen molar-refractivity contribution in [2.24, 2.45) is 12.8 Å². The Morgan fingerprint density at radius 3 is 2.53 bits per heavy atom. The van der Waals surface area contributed by atoms with Crippen LogP contribution in [-0.2, 0) is 20.1 Å². The zero-order chi connectivity index (χ0) is 24.4. The van der Waals surface area contributed by atoms with Gasteiger partial charge in [0.1, 0.15) is 0 Å². The van der Waals surface area contributed by atoms with Gasteiger partial charge < -0.3 is 15.6 Å². The van der Waals surface area contributed by atoms with Gasteiger partial charge in [-0.05, 0) is 26.7 Å². The molecule has 9 nitrogen and oxygen atoms in total. The van der Waals surface area contributed by atoms with Crippen LogP contribution in [0.2, 0.25) is 0 Å². The van der Waals surface area contributed by atoms with Gasteiger partial charge in [-0.2, -0.15) is 4.98 Å². The molecule has 0 aliphatic heterocycles. The number of nitrogens with two attached hydrogens (primary N) is 1. The van der Waals surface area contributed by atoms with Crippen molar-refractivity contribution in [2.75, 3.05) is 5.32 Å². The first kappa shape index (κ1) is 23.7. The monoisotopic (exact) mass is 464 g/mol. The molecule has 2 heterocycles. The van der Waals surface area contributed by atoms with E-state index in [1.807, 2.05) is 26.0 Å². The molecule has 2 aromatic heterocycles. The number of carbonyl (C=O) groups excluding carboxylic acids is 1. The largest absolute Gasteiger partial charge is 0.351 e. The number of fused-ring (bicyclic) bond motifs is 1. The van der Waals surface area contributed by atoms with Crippen molar-refractivity contribution in [3.63, 3.8) is 0 Å². The Morgan fingerprint density at radius 1 is 1.15 bits per heavy atom. The number of allylic oxidation sites excluding steroid dienone is 2. The summed E-state index contributed by atoms with van der Waals surface area (Å²) in [6.07, 6.45) is 6.02. The highest BCUT2D eigenvalue weighted by molar-refractivity contribution is 5.95. The lowest BCUT2D eigenvalue weighted by Gasteiger charge is -2.29. The summed E-state index contributed by atoms with van der Waals surface area (Å²) >= 11 is 0. The molecule has 1 aliphatic rings. The number of nitrogens with zero attached hydrogens (tertiary/aromatic N) is 4. The average molecular weight is 465 g/mol. The molecule has 180 valence electrons. The van der Waals surface area contributed by atoms with E-state index < -0.39 is 11.2 Å². The van der Waals surface area contributed by atoms with Crippen LogP contribution in [0.5, 0.6) is 0 Å². The first-order chi connectivity index (χ1) is 16.3. The van der Waals surface area contributed by atoms with Crippen molar-refractivity contribution < 1.29 is 4.79 Å². The Balaban J connectivity index is 1.84. The van der Waals surface area contributed by atoms with E-state index in [2.05, 4.69) is 10.3 Å². The second kappa shape index (κ2) is 9.80. The lowest BCUT2D eigenvalue weighted by molar-refractivity contribution is 0.0969. The first-order valence-corrected chi connectivity index (χ1v) is 11.7. The highest BCUT2D eigenvalue weighted by Crippen LogP contribution is 2.23. The molecule has 3 N–H and O–H groups in total. The van der Waals surface area contributed by atoms with E-state index in [1.165, 1.54) is 4.57 Å². The van der Waals surface area contributed by atoms with Gasteiger partial charge in [-0.15, -0.1) is 0 Å². The normalized spacial score (nSPS) is 18.1. The molecule has 1 saturated carbocycles. The Kier molecular flexibility index (Phi) is 6.83. The molecular weight excluding hydrogens is 432 g/mol. The second-order valence-corrected chi connectivity index (χ2v) is 9.22. The summed E-state index contributed by atoms with van der Waals surface area (Å²) in [4.78, 5) is 44.1. The van der Waals surface area contributed by atoms with Crippen molar-refractivity contribution in [3.8, 4) is 0 Å². The van der Waals surface area contributed by atoms with Crippen molar-refractivity contribution in [1.29, 1.82) is 0 Å². The predicted molar refractivity (Wildman–Crippen MR) is 133 cm³/mol. The van der Waals surface area contributed by atoms with Crippen molar-refractivity contribution in [2.45, 2.75) is 64.7 Å². The molecule has 0 bridgehead atoms. The van der Waals surface area contributed by atoms with Crippen LogP contribution in [0.1, 0.15) is 49.9 Å². The molecule has 3 aromatic rings. The smallest absolute Gasteiger partial charge is 0.332 e. The number of ketones is 1. The predicted octanol–water partition coefficient (Wildman–Crippen LogP) is 2.43. The Labute approximate surface area is 197 Å². The van der Waals surface area contributed by atoms with Gasteiger partial charge in [-0.1, -0.05) is 54.8 Å². The topological polar surface area (TPSA) is 117 Å². The maximum absolute atomic E-state index is 13.6. The van der Waals surface area contributed by atoms with Crippen LogP contribution in [0.15, 0.2) is 51.6 Å².